The summed E-state index contributed by atoms with van der Waals surface area (Å²) in [5, 5.41) is 3.76. The number of nitrogens with two attached hydrogens (primary N) is 2. The zero-order valence-electron chi connectivity index (χ0n) is 19.4. The molecule has 0 radical (unpaired) electrons. The number of methoxy groups -OCH3 is 1. The lowest BCUT2D eigenvalue weighted by Gasteiger charge is -2.20. The van der Waals surface area contributed by atoms with E-state index in [1.807, 2.05) is 31.2 Å². The third kappa shape index (κ3) is 3.97. The molecule has 3 heterocycles. The number of anilines is 2. The van der Waals surface area contributed by atoms with E-state index in [9.17, 15) is 0 Å². The van der Waals surface area contributed by atoms with Gasteiger partial charge < -0.3 is 20.9 Å². The van der Waals surface area contributed by atoms with Crippen molar-refractivity contribution in [3.05, 3.63) is 36.0 Å². The number of benzene rings is 2. The van der Waals surface area contributed by atoms with E-state index < -0.39 is 0 Å². The minimum atomic E-state index is 0.442. The van der Waals surface area contributed by atoms with Gasteiger partial charge in [0, 0.05) is 46.0 Å². The van der Waals surface area contributed by atoms with Crippen LogP contribution in [0.5, 0.6) is 11.5 Å². The van der Waals surface area contributed by atoms with E-state index in [0.29, 0.717) is 29.6 Å². The maximum atomic E-state index is 6.33. The number of aromatic nitrogens is 2. The Kier molecular flexibility index (Phi) is 5.81. The summed E-state index contributed by atoms with van der Waals surface area (Å²) < 4.78 is 11.9. The summed E-state index contributed by atoms with van der Waals surface area (Å²) in [6.45, 7) is 5.81. The zero-order chi connectivity index (χ0) is 22.9. The third-order valence-electron chi connectivity index (χ3n) is 6.77. The largest absolute Gasteiger partial charge is 0.493 e. The van der Waals surface area contributed by atoms with E-state index in [1.54, 1.807) is 13.3 Å². The van der Waals surface area contributed by atoms with Crippen LogP contribution in [0.4, 0.5) is 11.5 Å². The smallest absolute Gasteiger partial charge is 0.163 e. The number of nitrogens with zero attached hydrogens (tertiary/aromatic N) is 3. The van der Waals surface area contributed by atoms with Crippen molar-refractivity contribution in [2.45, 2.75) is 32.6 Å². The molecule has 1 fully saturated rings. The van der Waals surface area contributed by atoms with Crippen LogP contribution >= 0.6 is 0 Å². The fourth-order valence-electron chi connectivity index (χ4n) is 4.84. The van der Waals surface area contributed by atoms with Gasteiger partial charge in [0.25, 0.3) is 0 Å². The van der Waals surface area contributed by atoms with Crippen molar-refractivity contribution >= 4 is 44.1 Å². The Balaban J connectivity index is 1.56. The summed E-state index contributed by atoms with van der Waals surface area (Å²) >= 11 is 0. The van der Waals surface area contributed by atoms with Gasteiger partial charge in [0.2, 0.25) is 0 Å². The van der Waals surface area contributed by atoms with Crippen molar-refractivity contribution in [1.29, 1.82) is 0 Å². The van der Waals surface area contributed by atoms with Crippen molar-refractivity contribution in [3.8, 4) is 11.5 Å². The molecule has 5 rings (SSSR count). The number of hydrogen-bond donors (Lipinski definition) is 2. The first-order valence-electron chi connectivity index (χ1n) is 11.7. The first-order valence-corrected chi connectivity index (χ1v) is 11.7. The maximum absolute atomic E-state index is 6.33. The summed E-state index contributed by atoms with van der Waals surface area (Å²) in [4.78, 5) is 11.8. The van der Waals surface area contributed by atoms with Crippen LogP contribution in [0, 0.1) is 6.92 Å². The Morgan fingerprint density at radius 2 is 1.76 bits per heavy atom. The highest BCUT2D eigenvalue weighted by molar-refractivity contribution is 6.21. The molecule has 1 aliphatic heterocycles. The molecular weight excluding hydrogens is 414 g/mol. The lowest BCUT2D eigenvalue weighted by molar-refractivity contribution is 0.209. The zero-order valence-corrected chi connectivity index (χ0v) is 19.4. The van der Waals surface area contributed by atoms with Crippen LogP contribution in [0.25, 0.3) is 32.6 Å². The normalized spacial score (nSPS) is 15.2. The van der Waals surface area contributed by atoms with E-state index in [0.717, 1.165) is 57.8 Å². The fourth-order valence-corrected chi connectivity index (χ4v) is 4.84. The lowest BCUT2D eigenvalue weighted by atomic mass is 9.99. The monoisotopic (exact) mass is 445 g/mol. The van der Waals surface area contributed by atoms with E-state index in [1.165, 1.54) is 25.7 Å². The molecule has 7 heteroatoms. The van der Waals surface area contributed by atoms with Crippen molar-refractivity contribution in [1.82, 2.24) is 14.9 Å². The molecule has 4 aromatic rings. The molecule has 4 N–H and O–H groups in total. The molecular formula is C26H31N5O2. The van der Waals surface area contributed by atoms with Crippen molar-refractivity contribution < 1.29 is 9.47 Å². The topological polar surface area (TPSA) is 99.5 Å². The summed E-state index contributed by atoms with van der Waals surface area (Å²) in [6.07, 6.45) is 6.99. The van der Waals surface area contributed by atoms with E-state index in [2.05, 4.69) is 14.9 Å². The number of pyridine rings is 2. The van der Waals surface area contributed by atoms with Crippen LogP contribution in [0.2, 0.25) is 0 Å². The van der Waals surface area contributed by atoms with E-state index >= 15 is 0 Å². The summed E-state index contributed by atoms with van der Waals surface area (Å²) in [5.41, 5.74) is 15.7. The SMILES string of the molecule is COc1cc2c(cc1OCCN1CCCCCC1)ncc1c(N)nc3c(C)c(N)ccc3c12. The summed E-state index contributed by atoms with van der Waals surface area (Å²) in [6, 6.07) is 7.88. The average Bonchev–Trinajstić information content (AvgIpc) is 3.10. The van der Waals surface area contributed by atoms with Crippen LogP contribution in [0.3, 0.4) is 0 Å². The number of rotatable bonds is 5. The summed E-state index contributed by atoms with van der Waals surface area (Å²) in [7, 11) is 1.67. The minimum absolute atomic E-state index is 0.442. The standard InChI is InChI=1S/C26H31N5O2/c1-16-20(27)8-7-17-24-18-13-22(32-2)23(33-12-11-31-9-5-3-4-6-10-31)14-21(18)29-15-19(24)26(28)30-25(16)17/h7-8,13-15H,3-6,9-12,27H2,1-2H3,(H2,28,30). The minimum Gasteiger partial charge on any atom is -0.493 e. The molecule has 0 saturated carbocycles. The molecule has 1 aliphatic rings. The Bertz CT molecular complexity index is 1330. The Labute approximate surface area is 193 Å². The highest BCUT2D eigenvalue weighted by Gasteiger charge is 2.17. The van der Waals surface area contributed by atoms with Gasteiger partial charge in [0.05, 0.1) is 18.1 Å². The number of hydrogen-bond acceptors (Lipinski definition) is 7. The molecule has 0 spiro atoms. The van der Waals surface area contributed by atoms with Crippen LogP contribution in [-0.4, -0.2) is 48.2 Å². The number of ether oxygens (including phenoxy) is 2. The van der Waals surface area contributed by atoms with Gasteiger partial charge in [-0.05, 0) is 50.6 Å². The first-order chi connectivity index (χ1) is 16.1. The maximum Gasteiger partial charge on any atom is 0.163 e. The molecule has 0 unspecified atom stereocenters. The first kappa shape index (κ1) is 21.5. The molecule has 0 aliphatic carbocycles. The second kappa shape index (κ2) is 8.90. The van der Waals surface area contributed by atoms with Crippen LogP contribution in [0.1, 0.15) is 31.2 Å². The molecule has 0 amide bonds. The Morgan fingerprint density at radius 1 is 0.970 bits per heavy atom. The van der Waals surface area contributed by atoms with Crippen LogP contribution in [0.15, 0.2) is 30.5 Å². The van der Waals surface area contributed by atoms with Gasteiger partial charge in [-0.1, -0.05) is 18.9 Å². The van der Waals surface area contributed by atoms with Crippen LogP contribution in [-0.2, 0) is 0 Å². The highest BCUT2D eigenvalue weighted by atomic mass is 16.5. The Hall–Kier alpha value is -3.32. The van der Waals surface area contributed by atoms with Gasteiger partial charge >= 0.3 is 0 Å². The second-order valence-corrected chi connectivity index (χ2v) is 8.84. The van der Waals surface area contributed by atoms with Gasteiger partial charge in [-0.3, -0.25) is 9.88 Å². The molecule has 2 aromatic heterocycles. The third-order valence-corrected chi connectivity index (χ3v) is 6.77. The van der Waals surface area contributed by atoms with Gasteiger partial charge in [0.1, 0.15) is 12.4 Å². The molecule has 0 bridgehead atoms. The van der Waals surface area contributed by atoms with Gasteiger partial charge in [-0.15, -0.1) is 0 Å². The van der Waals surface area contributed by atoms with Crippen molar-refractivity contribution in [2.75, 3.05) is 44.8 Å². The fraction of sp³-hybridized carbons (Fsp3) is 0.385. The molecule has 2 aromatic carbocycles. The lowest BCUT2D eigenvalue weighted by Crippen LogP contribution is -2.29. The van der Waals surface area contributed by atoms with Crippen molar-refractivity contribution in [3.63, 3.8) is 0 Å². The molecule has 33 heavy (non-hydrogen) atoms. The predicted molar refractivity (Wildman–Crippen MR) is 135 cm³/mol. The highest BCUT2D eigenvalue weighted by Crippen LogP contribution is 2.39. The average molecular weight is 446 g/mol. The van der Waals surface area contributed by atoms with E-state index in [-0.39, 0.29) is 0 Å². The number of aryl methyl sites for hydroxylation is 1. The van der Waals surface area contributed by atoms with Gasteiger partial charge in [-0.25, -0.2) is 4.98 Å². The van der Waals surface area contributed by atoms with Crippen molar-refractivity contribution in [2.24, 2.45) is 0 Å². The number of fused-ring (bicyclic) bond motifs is 5. The quantitative estimate of drug-likeness (QED) is 0.340. The molecule has 7 nitrogen and oxygen atoms in total. The van der Waals surface area contributed by atoms with Crippen LogP contribution < -0.4 is 20.9 Å². The second-order valence-electron chi connectivity index (χ2n) is 8.84. The van der Waals surface area contributed by atoms with Gasteiger partial charge in [0.15, 0.2) is 11.5 Å². The number of nitrogen functional groups attached to an aromatic ring is 2. The molecule has 172 valence electrons. The summed E-state index contributed by atoms with van der Waals surface area (Å²) in [5.74, 6) is 1.83. The number of likely N-dealkylation sites (tertiary alicyclic amines) is 1. The molecule has 0 atom stereocenters. The van der Waals surface area contributed by atoms with E-state index in [4.69, 9.17) is 20.9 Å². The Morgan fingerprint density at radius 3 is 2.52 bits per heavy atom. The van der Waals surface area contributed by atoms with Gasteiger partial charge in [-0.2, -0.15) is 0 Å². The molecule has 1 saturated heterocycles. The predicted octanol–water partition coefficient (Wildman–Crippen LogP) is 4.67.